The van der Waals surface area contributed by atoms with Crippen molar-refractivity contribution in [3.8, 4) is 6.07 Å². The number of hydrogen-bond acceptors (Lipinski definition) is 5. The van der Waals surface area contributed by atoms with E-state index in [2.05, 4.69) is 48.5 Å². The third kappa shape index (κ3) is 4.55. The smallest absolute Gasteiger partial charge is 0.0992 e. The van der Waals surface area contributed by atoms with Crippen LogP contribution >= 0.6 is 23.7 Å². The highest BCUT2D eigenvalue weighted by atomic mass is 32.2. The predicted octanol–water partition coefficient (Wildman–Crippen LogP) is 4.67. The molecule has 5 heteroatoms. The van der Waals surface area contributed by atoms with Crippen molar-refractivity contribution in [2.24, 2.45) is 0 Å². The van der Waals surface area contributed by atoms with Crippen molar-refractivity contribution < 1.29 is 4.74 Å². The summed E-state index contributed by atoms with van der Waals surface area (Å²) in [7, 11) is 0. The molecule has 0 amide bonds. The molecule has 0 N–H and O–H groups in total. The molecule has 0 saturated carbocycles. The minimum absolute atomic E-state index is 0.704. The summed E-state index contributed by atoms with van der Waals surface area (Å²) in [5.41, 5.74) is 3.25. The Balaban J connectivity index is 1.86. The van der Waals surface area contributed by atoms with E-state index in [1.54, 1.807) is 23.7 Å². The largest absolute Gasteiger partial charge is 0.379 e. The van der Waals surface area contributed by atoms with Crippen molar-refractivity contribution in [3.05, 3.63) is 53.1 Å². The van der Waals surface area contributed by atoms with Crippen molar-refractivity contribution in [1.29, 1.82) is 5.26 Å². The van der Waals surface area contributed by atoms with E-state index in [0.717, 1.165) is 31.2 Å². The standard InChI is InChI=1S/C19H20N2OS2/c1-14-9-15(2)11-17(10-14)23-18-4-3-16(13-20)12-19(18)24-21-5-7-22-8-6-21/h3-4,9-12H,5-8H2,1-2H3. The molecule has 124 valence electrons. The summed E-state index contributed by atoms with van der Waals surface area (Å²) in [4.78, 5) is 3.57. The molecule has 1 heterocycles. The third-order valence-corrected chi connectivity index (χ3v) is 6.03. The Hall–Kier alpha value is -1.45. The molecule has 2 aromatic carbocycles. The number of ether oxygens (including phenoxy) is 1. The maximum absolute atomic E-state index is 9.22. The summed E-state index contributed by atoms with van der Waals surface area (Å²) in [5, 5.41) is 9.22. The van der Waals surface area contributed by atoms with Gasteiger partial charge in [0.05, 0.1) is 24.8 Å². The fourth-order valence-corrected chi connectivity index (χ4v) is 4.85. The molecule has 1 aliphatic rings. The van der Waals surface area contributed by atoms with E-state index < -0.39 is 0 Å². The quantitative estimate of drug-likeness (QED) is 0.744. The van der Waals surface area contributed by atoms with Crippen LogP contribution in [0.2, 0.25) is 0 Å². The van der Waals surface area contributed by atoms with E-state index in [0.29, 0.717) is 5.56 Å². The molecule has 0 unspecified atom stereocenters. The highest BCUT2D eigenvalue weighted by Crippen LogP contribution is 2.38. The minimum atomic E-state index is 0.704. The van der Waals surface area contributed by atoms with Crippen LogP contribution in [0.4, 0.5) is 0 Å². The van der Waals surface area contributed by atoms with E-state index in [9.17, 15) is 5.26 Å². The fourth-order valence-electron chi connectivity index (χ4n) is 2.63. The van der Waals surface area contributed by atoms with E-state index in [1.165, 1.54) is 20.9 Å². The highest BCUT2D eigenvalue weighted by molar-refractivity contribution is 8.01. The van der Waals surface area contributed by atoms with E-state index in [1.807, 2.05) is 12.1 Å². The van der Waals surface area contributed by atoms with Gasteiger partial charge in [-0.2, -0.15) is 5.26 Å². The zero-order valence-corrected chi connectivity index (χ0v) is 15.5. The van der Waals surface area contributed by atoms with Gasteiger partial charge in [0.15, 0.2) is 0 Å². The number of hydrogen-bond donors (Lipinski definition) is 0. The van der Waals surface area contributed by atoms with Gasteiger partial charge in [-0.15, -0.1) is 0 Å². The fraction of sp³-hybridized carbons (Fsp3) is 0.316. The van der Waals surface area contributed by atoms with Gasteiger partial charge in [-0.1, -0.05) is 17.8 Å². The van der Waals surface area contributed by atoms with Crippen LogP contribution in [0.5, 0.6) is 0 Å². The SMILES string of the molecule is Cc1cc(C)cc(Sc2ccc(C#N)cc2SN2CCOCC2)c1. The molecule has 3 nitrogen and oxygen atoms in total. The number of rotatable bonds is 4. The lowest BCUT2D eigenvalue weighted by molar-refractivity contribution is 0.0773. The zero-order chi connectivity index (χ0) is 16.9. The Bertz CT molecular complexity index is 744. The Morgan fingerprint density at radius 2 is 1.71 bits per heavy atom. The monoisotopic (exact) mass is 356 g/mol. The van der Waals surface area contributed by atoms with Gasteiger partial charge in [0, 0.05) is 27.8 Å². The number of benzene rings is 2. The number of nitrogens with zero attached hydrogens (tertiary/aromatic N) is 2. The maximum atomic E-state index is 9.22. The average Bonchev–Trinajstić information content (AvgIpc) is 2.56. The molecule has 24 heavy (non-hydrogen) atoms. The van der Waals surface area contributed by atoms with Gasteiger partial charge in [-0.05, 0) is 67.3 Å². The van der Waals surface area contributed by atoms with Gasteiger partial charge in [0.1, 0.15) is 0 Å². The summed E-state index contributed by atoms with van der Waals surface area (Å²) in [6.07, 6.45) is 0. The first-order valence-corrected chi connectivity index (χ1v) is 9.54. The minimum Gasteiger partial charge on any atom is -0.379 e. The van der Waals surface area contributed by atoms with Crippen LogP contribution in [0.15, 0.2) is 51.1 Å². The molecule has 1 fully saturated rings. The van der Waals surface area contributed by atoms with Crippen molar-refractivity contribution in [2.75, 3.05) is 26.3 Å². The first-order chi connectivity index (χ1) is 11.6. The van der Waals surface area contributed by atoms with Crippen molar-refractivity contribution in [3.63, 3.8) is 0 Å². The van der Waals surface area contributed by atoms with Gasteiger partial charge < -0.3 is 4.74 Å². The normalized spacial score (nSPS) is 15.2. The second-order valence-electron chi connectivity index (χ2n) is 5.83. The molecule has 0 atom stereocenters. The lowest BCUT2D eigenvalue weighted by atomic mass is 10.2. The van der Waals surface area contributed by atoms with Gasteiger partial charge in [0.25, 0.3) is 0 Å². The van der Waals surface area contributed by atoms with E-state index >= 15 is 0 Å². The Morgan fingerprint density at radius 1 is 1.00 bits per heavy atom. The van der Waals surface area contributed by atoms with Crippen LogP contribution < -0.4 is 0 Å². The van der Waals surface area contributed by atoms with Crippen molar-refractivity contribution in [2.45, 2.75) is 28.5 Å². The molecule has 0 spiro atoms. The van der Waals surface area contributed by atoms with Gasteiger partial charge in [-0.3, -0.25) is 0 Å². The van der Waals surface area contributed by atoms with Crippen LogP contribution in [0.1, 0.15) is 16.7 Å². The Kier molecular flexibility index (Phi) is 5.85. The second-order valence-corrected chi connectivity index (χ2v) is 8.09. The summed E-state index contributed by atoms with van der Waals surface area (Å²) in [6, 6.07) is 14.8. The number of aryl methyl sites for hydroxylation is 2. The van der Waals surface area contributed by atoms with Crippen LogP contribution in [0.3, 0.4) is 0 Å². The topological polar surface area (TPSA) is 36.3 Å². The van der Waals surface area contributed by atoms with Crippen LogP contribution in [-0.4, -0.2) is 30.6 Å². The zero-order valence-electron chi connectivity index (χ0n) is 13.9. The van der Waals surface area contributed by atoms with Crippen molar-refractivity contribution >= 4 is 23.7 Å². The molecule has 0 radical (unpaired) electrons. The molecule has 1 saturated heterocycles. The predicted molar refractivity (Wildman–Crippen MR) is 99.4 cm³/mol. The highest BCUT2D eigenvalue weighted by Gasteiger charge is 2.15. The summed E-state index contributed by atoms with van der Waals surface area (Å²) < 4.78 is 7.73. The van der Waals surface area contributed by atoms with Crippen LogP contribution in [-0.2, 0) is 4.74 Å². The number of nitriles is 1. The number of morpholine rings is 1. The molecule has 3 rings (SSSR count). The Morgan fingerprint density at radius 3 is 2.38 bits per heavy atom. The Labute approximate surface area is 152 Å². The van der Waals surface area contributed by atoms with E-state index in [4.69, 9.17) is 4.74 Å². The average molecular weight is 357 g/mol. The lowest BCUT2D eigenvalue weighted by Gasteiger charge is -2.26. The molecule has 1 aliphatic heterocycles. The van der Waals surface area contributed by atoms with Gasteiger partial charge in [0.2, 0.25) is 0 Å². The first kappa shape index (κ1) is 17.4. The first-order valence-electron chi connectivity index (χ1n) is 7.95. The summed E-state index contributed by atoms with van der Waals surface area (Å²) in [5.74, 6) is 0. The molecule has 0 aliphatic carbocycles. The van der Waals surface area contributed by atoms with Crippen molar-refractivity contribution in [1.82, 2.24) is 4.31 Å². The summed E-state index contributed by atoms with van der Waals surface area (Å²) >= 11 is 3.49. The molecule has 0 bridgehead atoms. The molecular formula is C19H20N2OS2. The molecule has 2 aromatic rings. The van der Waals surface area contributed by atoms with Gasteiger partial charge in [-0.25, -0.2) is 4.31 Å². The van der Waals surface area contributed by atoms with Crippen LogP contribution in [0.25, 0.3) is 0 Å². The summed E-state index contributed by atoms with van der Waals surface area (Å²) in [6.45, 7) is 7.61. The van der Waals surface area contributed by atoms with E-state index in [-0.39, 0.29) is 0 Å². The van der Waals surface area contributed by atoms with Crippen LogP contribution in [0, 0.1) is 25.2 Å². The van der Waals surface area contributed by atoms with Gasteiger partial charge >= 0.3 is 0 Å². The molecule has 0 aromatic heterocycles. The third-order valence-electron chi connectivity index (χ3n) is 3.69. The second kappa shape index (κ2) is 8.09. The molecular weight excluding hydrogens is 336 g/mol. The lowest BCUT2D eigenvalue weighted by Crippen LogP contribution is -2.30. The maximum Gasteiger partial charge on any atom is 0.0992 e.